The molecule has 0 aliphatic heterocycles. The number of aromatic nitrogens is 2. The van der Waals surface area contributed by atoms with Crippen molar-refractivity contribution in [1.29, 1.82) is 5.26 Å². The van der Waals surface area contributed by atoms with Crippen LogP contribution in [0.15, 0.2) is 24.5 Å². The fraction of sp³-hybridized carbons (Fsp3) is 0.182. The van der Waals surface area contributed by atoms with E-state index < -0.39 is 0 Å². The summed E-state index contributed by atoms with van der Waals surface area (Å²) >= 11 is 7.41. The Morgan fingerprint density at radius 2 is 2.29 bits per heavy atom. The molecule has 0 aromatic carbocycles. The lowest BCUT2D eigenvalue weighted by Crippen LogP contribution is -2.05. The third kappa shape index (κ3) is 3.41. The highest BCUT2D eigenvalue weighted by molar-refractivity contribution is 7.16. The molecule has 2 aromatic heterocycles. The molecule has 2 rings (SSSR count). The van der Waals surface area contributed by atoms with Gasteiger partial charge in [-0.05, 0) is 18.6 Å². The van der Waals surface area contributed by atoms with E-state index in [1.54, 1.807) is 17.4 Å². The third-order valence-corrected chi connectivity index (χ3v) is 3.38. The molecule has 2 heterocycles. The van der Waals surface area contributed by atoms with Crippen LogP contribution in [0.1, 0.15) is 10.6 Å². The van der Waals surface area contributed by atoms with Crippen molar-refractivity contribution in [2.45, 2.75) is 6.42 Å². The van der Waals surface area contributed by atoms with Gasteiger partial charge < -0.3 is 5.32 Å². The highest BCUT2D eigenvalue weighted by Gasteiger charge is 1.99. The number of rotatable bonds is 4. The molecule has 6 heteroatoms. The van der Waals surface area contributed by atoms with Crippen LogP contribution in [-0.4, -0.2) is 16.5 Å². The lowest BCUT2D eigenvalue weighted by atomic mass is 10.3. The van der Waals surface area contributed by atoms with Crippen molar-refractivity contribution in [3.05, 3.63) is 39.4 Å². The lowest BCUT2D eigenvalue weighted by Gasteiger charge is -2.03. The van der Waals surface area contributed by atoms with Crippen LogP contribution in [0.3, 0.4) is 0 Å². The number of anilines is 1. The van der Waals surface area contributed by atoms with E-state index in [-0.39, 0.29) is 0 Å². The number of hydrogen-bond acceptors (Lipinski definition) is 5. The summed E-state index contributed by atoms with van der Waals surface area (Å²) in [6.07, 6.45) is 2.26. The van der Waals surface area contributed by atoms with Crippen molar-refractivity contribution in [2.75, 3.05) is 11.9 Å². The summed E-state index contributed by atoms with van der Waals surface area (Å²) in [5.41, 5.74) is 0.363. The highest BCUT2D eigenvalue weighted by atomic mass is 35.5. The minimum atomic E-state index is 0.363. The molecule has 0 aliphatic rings. The maximum atomic E-state index is 8.69. The maximum absolute atomic E-state index is 8.69. The van der Waals surface area contributed by atoms with Gasteiger partial charge >= 0.3 is 0 Å². The number of nitrogens with one attached hydrogen (secondary N) is 1. The van der Waals surface area contributed by atoms with E-state index in [0.717, 1.165) is 17.3 Å². The zero-order chi connectivity index (χ0) is 12.1. The topological polar surface area (TPSA) is 61.6 Å². The molecule has 0 bridgehead atoms. The van der Waals surface area contributed by atoms with Gasteiger partial charge in [-0.1, -0.05) is 11.6 Å². The van der Waals surface area contributed by atoms with Gasteiger partial charge in [-0.2, -0.15) is 5.26 Å². The van der Waals surface area contributed by atoms with E-state index in [1.807, 2.05) is 18.2 Å². The molecule has 17 heavy (non-hydrogen) atoms. The largest absolute Gasteiger partial charge is 0.370 e. The molecule has 0 radical (unpaired) electrons. The van der Waals surface area contributed by atoms with E-state index >= 15 is 0 Å². The molecule has 0 spiro atoms. The number of thiophene rings is 1. The monoisotopic (exact) mass is 264 g/mol. The quantitative estimate of drug-likeness (QED) is 0.922. The maximum Gasteiger partial charge on any atom is 0.145 e. The number of halogens is 1. The van der Waals surface area contributed by atoms with Crippen LogP contribution in [0.4, 0.5) is 5.82 Å². The standard InChI is InChI=1S/C11H9ClN4S/c12-10-2-1-9(17-10)3-4-14-11-5-8(6-13)15-7-16-11/h1-2,5,7H,3-4H2,(H,14,15,16). The fourth-order valence-corrected chi connectivity index (χ4v) is 2.40. The van der Waals surface area contributed by atoms with Crippen LogP contribution < -0.4 is 5.32 Å². The summed E-state index contributed by atoms with van der Waals surface area (Å²) in [4.78, 5) is 9.05. The normalized spacial score (nSPS) is 9.88. The fourth-order valence-electron chi connectivity index (χ4n) is 1.31. The Kier molecular flexibility index (Phi) is 3.91. The highest BCUT2D eigenvalue weighted by Crippen LogP contribution is 2.21. The van der Waals surface area contributed by atoms with Crippen molar-refractivity contribution in [3.63, 3.8) is 0 Å². The Morgan fingerprint density at radius 1 is 1.41 bits per heavy atom. The van der Waals surface area contributed by atoms with Crippen molar-refractivity contribution in [1.82, 2.24) is 9.97 Å². The zero-order valence-electron chi connectivity index (χ0n) is 8.85. The van der Waals surface area contributed by atoms with Crippen LogP contribution in [-0.2, 0) is 6.42 Å². The van der Waals surface area contributed by atoms with Gasteiger partial charge in [0, 0.05) is 17.5 Å². The summed E-state index contributed by atoms with van der Waals surface area (Å²) in [5, 5.41) is 11.8. The molecule has 2 aromatic rings. The molecule has 0 fully saturated rings. The predicted octanol–water partition coefficient (Wildman–Crippen LogP) is 2.72. The van der Waals surface area contributed by atoms with E-state index in [9.17, 15) is 0 Å². The first kappa shape index (κ1) is 11.8. The molecule has 1 N–H and O–H groups in total. The Morgan fingerprint density at radius 3 is 3.00 bits per heavy atom. The first-order valence-corrected chi connectivity index (χ1v) is 6.17. The molecule has 0 atom stereocenters. The molecular formula is C11H9ClN4S. The zero-order valence-corrected chi connectivity index (χ0v) is 10.4. The Bertz CT molecular complexity index is 546. The van der Waals surface area contributed by atoms with Gasteiger partial charge in [0.1, 0.15) is 23.9 Å². The smallest absolute Gasteiger partial charge is 0.145 e. The average molecular weight is 265 g/mol. The second kappa shape index (κ2) is 5.62. The van der Waals surface area contributed by atoms with Crippen molar-refractivity contribution >= 4 is 28.8 Å². The van der Waals surface area contributed by atoms with Crippen molar-refractivity contribution < 1.29 is 0 Å². The van der Waals surface area contributed by atoms with E-state index in [0.29, 0.717) is 11.5 Å². The van der Waals surface area contributed by atoms with Gasteiger partial charge in [0.05, 0.1) is 4.34 Å². The minimum Gasteiger partial charge on any atom is -0.370 e. The summed E-state index contributed by atoms with van der Waals surface area (Å²) in [6, 6.07) is 7.50. The molecule has 0 unspecified atom stereocenters. The second-order valence-corrected chi connectivity index (χ2v) is 5.08. The molecule has 4 nitrogen and oxygen atoms in total. The molecule has 0 amide bonds. The molecule has 0 saturated carbocycles. The van der Waals surface area contributed by atoms with Gasteiger partial charge in [-0.15, -0.1) is 11.3 Å². The summed E-state index contributed by atoms with van der Waals surface area (Å²) in [6.45, 7) is 0.749. The minimum absolute atomic E-state index is 0.363. The first-order valence-electron chi connectivity index (χ1n) is 4.98. The first-order chi connectivity index (χ1) is 8.28. The van der Waals surface area contributed by atoms with E-state index in [1.165, 1.54) is 11.2 Å². The van der Waals surface area contributed by atoms with Crippen molar-refractivity contribution in [2.24, 2.45) is 0 Å². The van der Waals surface area contributed by atoms with Gasteiger partial charge in [0.15, 0.2) is 0 Å². The molecule has 86 valence electrons. The summed E-state index contributed by atoms with van der Waals surface area (Å²) < 4.78 is 0.800. The summed E-state index contributed by atoms with van der Waals surface area (Å²) in [7, 11) is 0. The SMILES string of the molecule is N#Cc1cc(NCCc2ccc(Cl)s2)ncn1. The van der Waals surface area contributed by atoms with Gasteiger partial charge in [0.2, 0.25) is 0 Å². The van der Waals surface area contributed by atoms with Crippen LogP contribution >= 0.6 is 22.9 Å². The Hall–Kier alpha value is -1.64. The molecule has 0 aliphatic carbocycles. The Labute approximate surface area is 108 Å². The Balaban J connectivity index is 1.88. The third-order valence-electron chi connectivity index (χ3n) is 2.09. The predicted molar refractivity (Wildman–Crippen MR) is 68.3 cm³/mol. The lowest BCUT2D eigenvalue weighted by molar-refractivity contribution is 1.01. The van der Waals surface area contributed by atoms with E-state index in [4.69, 9.17) is 16.9 Å². The molecule has 0 saturated heterocycles. The van der Waals surface area contributed by atoms with Gasteiger partial charge in [-0.3, -0.25) is 0 Å². The van der Waals surface area contributed by atoms with E-state index in [2.05, 4.69) is 15.3 Å². The van der Waals surface area contributed by atoms with Crippen LogP contribution in [0.25, 0.3) is 0 Å². The number of nitrogens with zero attached hydrogens (tertiary/aromatic N) is 3. The van der Waals surface area contributed by atoms with Crippen LogP contribution in [0.2, 0.25) is 4.34 Å². The summed E-state index contributed by atoms with van der Waals surface area (Å²) in [5.74, 6) is 0.666. The van der Waals surface area contributed by atoms with Gasteiger partial charge in [0.25, 0.3) is 0 Å². The second-order valence-electron chi connectivity index (χ2n) is 3.28. The molecular weight excluding hydrogens is 256 g/mol. The van der Waals surface area contributed by atoms with Gasteiger partial charge in [-0.25, -0.2) is 9.97 Å². The number of hydrogen-bond donors (Lipinski definition) is 1. The average Bonchev–Trinajstić information content (AvgIpc) is 2.75. The number of nitriles is 1. The van der Waals surface area contributed by atoms with Crippen LogP contribution in [0, 0.1) is 11.3 Å². The van der Waals surface area contributed by atoms with Crippen molar-refractivity contribution in [3.8, 4) is 6.07 Å². The van der Waals surface area contributed by atoms with Crippen LogP contribution in [0.5, 0.6) is 0 Å².